The van der Waals surface area contributed by atoms with Crippen molar-refractivity contribution in [2.75, 3.05) is 39.4 Å². The lowest BCUT2D eigenvalue weighted by Crippen LogP contribution is -2.47. The second-order valence-corrected chi connectivity index (χ2v) is 5.41. The van der Waals surface area contributed by atoms with E-state index in [4.69, 9.17) is 4.74 Å². The molecule has 7 nitrogen and oxygen atoms in total. The van der Waals surface area contributed by atoms with Gasteiger partial charge in [-0.3, -0.25) is 14.8 Å². The predicted molar refractivity (Wildman–Crippen MR) is 72.1 cm³/mol. The van der Waals surface area contributed by atoms with Crippen LogP contribution >= 0.6 is 0 Å². The van der Waals surface area contributed by atoms with Gasteiger partial charge in [-0.15, -0.1) is 0 Å². The number of likely N-dealkylation sites (tertiary alicyclic amines) is 1. The second-order valence-electron chi connectivity index (χ2n) is 5.41. The summed E-state index contributed by atoms with van der Waals surface area (Å²) < 4.78 is 5.37. The van der Waals surface area contributed by atoms with E-state index >= 15 is 0 Å². The normalized spacial score (nSPS) is 24.2. The summed E-state index contributed by atoms with van der Waals surface area (Å²) in [5.74, 6) is 0.796. The topological polar surface area (TPSA) is 74.4 Å². The van der Waals surface area contributed by atoms with E-state index < -0.39 is 0 Å². The number of H-pyrrole nitrogens is 1. The van der Waals surface area contributed by atoms with Crippen LogP contribution in [0.3, 0.4) is 0 Å². The third-order valence-electron chi connectivity index (χ3n) is 4.05. The number of aromatic amines is 1. The van der Waals surface area contributed by atoms with E-state index in [0.29, 0.717) is 18.3 Å². The van der Waals surface area contributed by atoms with Crippen molar-refractivity contribution in [2.45, 2.75) is 25.3 Å². The minimum absolute atomic E-state index is 0.150. The number of amides is 1. The molecular weight excluding hydrogens is 258 g/mol. The highest BCUT2D eigenvalue weighted by atomic mass is 16.5. The Balaban J connectivity index is 1.55. The van der Waals surface area contributed by atoms with Gasteiger partial charge in [0.2, 0.25) is 5.91 Å². The SMILES string of the molecule is O=C(Cc1ncn[nH]1)N1CCCC1CN1CCOCC1. The number of ether oxygens (including phenoxy) is 1. The number of hydrogen-bond donors (Lipinski definition) is 1. The first-order valence-corrected chi connectivity index (χ1v) is 7.27. The van der Waals surface area contributed by atoms with Crippen LogP contribution in [0.2, 0.25) is 0 Å². The lowest BCUT2D eigenvalue weighted by Gasteiger charge is -2.32. The van der Waals surface area contributed by atoms with Crippen molar-refractivity contribution >= 4 is 5.91 Å². The van der Waals surface area contributed by atoms with E-state index in [1.807, 2.05) is 4.90 Å². The summed E-state index contributed by atoms with van der Waals surface area (Å²) >= 11 is 0. The highest BCUT2D eigenvalue weighted by molar-refractivity contribution is 5.78. The van der Waals surface area contributed by atoms with Gasteiger partial charge in [0.05, 0.1) is 19.6 Å². The van der Waals surface area contributed by atoms with Gasteiger partial charge < -0.3 is 9.64 Å². The molecular formula is C13H21N5O2. The van der Waals surface area contributed by atoms with Crippen LogP contribution < -0.4 is 0 Å². The summed E-state index contributed by atoms with van der Waals surface area (Å²) in [6.07, 6.45) is 3.95. The van der Waals surface area contributed by atoms with Gasteiger partial charge in [0.1, 0.15) is 12.2 Å². The van der Waals surface area contributed by atoms with E-state index in [-0.39, 0.29) is 5.91 Å². The summed E-state index contributed by atoms with van der Waals surface area (Å²) in [6.45, 7) is 5.38. The standard InChI is InChI=1S/C13H21N5O2/c19-13(8-12-14-10-15-16-12)18-3-1-2-11(18)9-17-4-6-20-7-5-17/h10-11H,1-9H2,(H,14,15,16). The Hall–Kier alpha value is -1.47. The van der Waals surface area contributed by atoms with Gasteiger partial charge >= 0.3 is 0 Å². The van der Waals surface area contributed by atoms with Crippen LogP contribution in [0.4, 0.5) is 0 Å². The van der Waals surface area contributed by atoms with Gasteiger partial charge in [-0.05, 0) is 12.8 Å². The largest absolute Gasteiger partial charge is 0.379 e. The second kappa shape index (κ2) is 6.32. The van der Waals surface area contributed by atoms with Crippen LogP contribution in [0.5, 0.6) is 0 Å². The third-order valence-corrected chi connectivity index (χ3v) is 4.05. The number of hydrogen-bond acceptors (Lipinski definition) is 5. The maximum Gasteiger partial charge on any atom is 0.230 e. The number of morpholine rings is 1. The lowest BCUT2D eigenvalue weighted by molar-refractivity contribution is -0.131. The van der Waals surface area contributed by atoms with Gasteiger partial charge in [-0.1, -0.05) is 0 Å². The summed E-state index contributed by atoms with van der Waals surface area (Å²) in [4.78, 5) is 20.8. The van der Waals surface area contributed by atoms with Crippen molar-refractivity contribution in [2.24, 2.45) is 0 Å². The Morgan fingerprint density at radius 2 is 2.25 bits per heavy atom. The maximum absolute atomic E-state index is 12.4. The smallest absolute Gasteiger partial charge is 0.230 e. The molecule has 1 unspecified atom stereocenters. The molecule has 0 saturated carbocycles. The van der Waals surface area contributed by atoms with Crippen LogP contribution in [0.25, 0.3) is 0 Å². The Kier molecular flexibility index (Phi) is 4.27. The quantitative estimate of drug-likeness (QED) is 0.817. The van der Waals surface area contributed by atoms with Crippen LogP contribution in [0, 0.1) is 0 Å². The fourth-order valence-electron chi connectivity index (χ4n) is 3.00. The highest BCUT2D eigenvalue weighted by Crippen LogP contribution is 2.19. The van der Waals surface area contributed by atoms with Crippen LogP contribution in [0.15, 0.2) is 6.33 Å². The molecule has 3 rings (SSSR count). The number of nitrogens with zero attached hydrogens (tertiary/aromatic N) is 4. The molecule has 0 aromatic carbocycles. The van der Waals surface area contributed by atoms with Gasteiger partial charge in [0.15, 0.2) is 0 Å². The van der Waals surface area contributed by atoms with E-state index in [0.717, 1.165) is 52.2 Å². The molecule has 0 bridgehead atoms. The van der Waals surface area contributed by atoms with Gasteiger partial charge in [-0.25, -0.2) is 4.98 Å². The summed E-state index contributed by atoms with van der Waals surface area (Å²) in [7, 11) is 0. The molecule has 3 heterocycles. The molecule has 2 aliphatic rings. The first kappa shape index (κ1) is 13.5. The monoisotopic (exact) mass is 279 g/mol. The minimum Gasteiger partial charge on any atom is -0.379 e. The predicted octanol–water partition coefficient (Wildman–Crippen LogP) is -0.330. The average Bonchev–Trinajstić information content (AvgIpc) is 3.11. The molecule has 0 radical (unpaired) electrons. The molecule has 7 heteroatoms. The minimum atomic E-state index is 0.150. The van der Waals surface area contributed by atoms with Crippen LogP contribution in [-0.2, 0) is 16.0 Å². The van der Waals surface area contributed by atoms with Crippen molar-refractivity contribution in [1.29, 1.82) is 0 Å². The lowest BCUT2D eigenvalue weighted by atomic mass is 10.2. The number of rotatable bonds is 4. The Morgan fingerprint density at radius 1 is 1.40 bits per heavy atom. The van der Waals surface area contributed by atoms with Crippen molar-refractivity contribution < 1.29 is 9.53 Å². The number of aromatic nitrogens is 3. The molecule has 1 atom stereocenters. The molecule has 1 aromatic rings. The number of carbonyl (C=O) groups is 1. The van der Waals surface area contributed by atoms with Crippen LogP contribution in [0.1, 0.15) is 18.7 Å². The van der Waals surface area contributed by atoms with E-state index in [9.17, 15) is 4.79 Å². The van der Waals surface area contributed by atoms with Crippen molar-refractivity contribution in [3.63, 3.8) is 0 Å². The zero-order valence-electron chi connectivity index (χ0n) is 11.6. The Bertz CT molecular complexity index is 430. The highest BCUT2D eigenvalue weighted by Gasteiger charge is 2.30. The number of carbonyl (C=O) groups excluding carboxylic acids is 1. The van der Waals surface area contributed by atoms with Crippen molar-refractivity contribution in [3.05, 3.63) is 12.2 Å². The van der Waals surface area contributed by atoms with Crippen molar-refractivity contribution in [1.82, 2.24) is 25.0 Å². The summed E-state index contributed by atoms with van der Waals surface area (Å²) in [5, 5.41) is 6.54. The van der Waals surface area contributed by atoms with E-state index in [1.165, 1.54) is 6.33 Å². The first-order chi connectivity index (χ1) is 9.83. The van der Waals surface area contributed by atoms with E-state index in [1.54, 1.807) is 0 Å². The third kappa shape index (κ3) is 3.16. The van der Waals surface area contributed by atoms with Gasteiger partial charge in [0, 0.05) is 32.2 Å². The Labute approximate surface area is 118 Å². The summed E-state index contributed by atoms with van der Waals surface area (Å²) in [6, 6.07) is 0.337. The van der Waals surface area contributed by atoms with Gasteiger partial charge in [0.25, 0.3) is 0 Å². The summed E-state index contributed by atoms with van der Waals surface area (Å²) in [5.41, 5.74) is 0. The molecule has 1 amide bonds. The van der Waals surface area contributed by atoms with Gasteiger partial charge in [-0.2, -0.15) is 5.10 Å². The average molecular weight is 279 g/mol. The molecule has 110 valence electrons. The molecule has 2 aliphatic heterocycles. The molecule has 2 saturated heterocycles. The number of nitrogens with one attached hydrogen (secondary N) is 1. The molecule has 1 N–H and O–H groups in total. The molecule has 0 spiro atoms. The molecule has 20 heavy (non-hydrogen) atoms. The fourth-order valence-corrected chi connectivity index (χ4v) is 3.00. The molecule has 1 aromatic heterocycles. The maximum atomic E-state index is 12.4. The van der Waals surface area contributed by atoms with Crippen LogP contribution in [-0.4, -0.2) is 76.3 Å². The first-order valence-electron chi connectivity index (χ1n) is 7.27. The molecule has 2 fully saturated rings. The zero-order valence-corrected chi connectivity index (χ0v) is 11.6. The Morgan fingerprint density at radius 3 is 3.00 bits per heavy atom. The molecule has 0 aliphatic carbocycles. The zero-order chi connectivity index (χ0) is 13.8. The van der Waals surface area contributed by atoms with Crippen molar-refractivity contribution in [3.8, 4) is 0 Å². The fraction of sp³-hybridized carbons (Fsp3) is 0.769. The van der Waals surface area contributed by atoms with E-state index in [2.05, 4.69) is 20.1 Å².